The molecule has 82 valence electrons. The predicted octanol–water partition coefficient (Wildman–Crippen LogP) is 1.44. The van der Waals surface area contributed by atoms with Gasteiger partial charge in [-0.2, -0.15) is 0 Å². The van der Waals surface area contributed by atoms with Crippen LogP contribution in [0.5, 0.6) is 0 Å². The monoisotopic (exact) mass is 228 g/mol. The largest absolute Gasteiger partial charge is 0.394 e. The SMILES string of the molecule is Nc1cc(Cl)cn(C2CCCOC2)c1=O. The minimum Gasteiger partial charge on any atom is -0.394 e. The number of hydrogen-bond donors (Lipinski definition) is 1. The Morgan fingerprint density at radius 1 is 1.60 bits per heavy atom. The first-order chi connectivity index (χ1) is 7.18. The second-order valence-electron chi connectivity index (χ2n) is 3.70. The van der Waals surface area contributed by atoms with Crippen molar-refractivity contribution in [3.05, 3.63) is 27.6 Å². The van der Waals surface area contributed by atoms with Crippen LogP contribution in [0.3, 0.4) is 0 Å². The second-order valence-corrected chi connectivity index (χ2v) is 4.13. The fraction of sp³-hybridized carbons (Fsp3) is 0.500. The number of anilines is 1. The van der Waals surface area contributed by atoms with Gasteiger partial charge in [0, 0.05) is 12.8 Å². The molecule has 1 atom stereocenters. The number of ether oxygens (including phenoxy) is 1. The summed E-state index contributed by atoms with van der Waals surface area (Å²) in [5.74, 6) is 0. The number of nitrogen functional groups attached to an aromatic ring is 1. The zero-order valence-corrected chi connectivity index (χ0v) is 9.04. The zero-order chi connectivity index (χ0) is 10.8. The Morgan fingerprint density at radius 2 is 2.40 bits per heavy atom. The van der Waals surface area contributed by atoms with Gasteiger partial charge in [0.2, 0.25) is 0 Å². The van der Waals surface area contributed by atoms with Gasteiger partial charge >= 0.3 is 0 Å². The normalized spacial score (nSPS) is 21.5. The quantitative estimate of drug-likeness (QED) is 0.791. The van der Waals surface area contributed by atoms with E-state index in [0.29, 0.717) is 11.6 Å². The van der Waals surface area contributed by atoms with Gasteiger partial charge in [-0.1, -0.05) is 11.6 Å². The molecule has 1 saturated heterocycles. The first kappa shape index (κ1) is 10.5. The predicted molar refractivity (Wildman–Crippen MR) is 59.2 cm³/mol. The van der Waals surface area contributed by atoms with Gasteiger partial charge in [-0.15, -0.1) is 0 Å². The van der Waals surface area contributed by atoms with Crippen molar-refractivity contribution in [1.29, 1.82) is 0 Å². The lowest BCUT2D eigenvalue weighted by molar-refractivity contribution is 0.0581. The van der Waals surface area contributed by atoms with Crippen molar-refractivity contribution in [2.75, 3.05) is 18.9 Å². The summed E-state index contributed by atoms with van der Waals surface area (Å²) >= 11 is 5.86. The summed E-state index contributed by atoms with van der Waals surface area (Å²) in [5.41, 5.74) is 5.57. The first-order valence-corrected chi connectivity index (χ1v) is 5.31. The Labute approximate surface area is 92.6 Å². The van der Waals surface area contributed by atoms with E-state index in [-0.39, 0.29) is 17.3 Å². The van der Waals surface area contributed by atoms with E-state index in [1.807, 2.05) is 0 Å². The van der Waals surface area contributed by atoms with Crippen molar-refractivity contribution in [3.8, 4) is 0 Å². The van der Waals surface area contributed by atoms with Crippen LogP contribution in [0.1, 0.15) is 18.9 Å². The molecule has 4 nitrogen and oxygen atoms in total. The highest BCUT2D eigenvalue weighted by Gasteiger charge is 2.17. The van der Waals surface area contributed by atoms with Gasteiger partial charge in [0.1, 0.15) is 0 Å². The molecule has 5 heteroatoms. The minimum absolute atomic E-state index is 0.0623. The molecule has 0 spiro atoms. The maximum Gasteiger partial charge on any atom is 0.274 e. The third kappa shape index (κ3) is 2.16. The maximum absolute atomic E-state index is 11.7. The lowest BCUT2D eigenvalue weighted by Gasteiger charge is -2.24. The molecule has 1 aliphatic heterocycles. The molecule has 0 saturated carbocycles. The molecule has 0 radical (unpaired) electrons. The van der Waals surface area contributed by atoms with E-state index in [2.05, 4.69) is 0 Å². The van der Waals surface area contributed by atoms with E-state index in [9.17, 15) is 4.79 Å². The van der Waals surface area contributed by atoms with Crippen LogP contribution in [-0.2, 0) is 4.74 Å². The van der Waals surface area contributed by atoms with Crippen LogP contribution in [0.4, 0.5) is 5.69 Å². The average molecular weight is 229 g/mol. The Morgan fingerprint density at radius 3 is 3.07 bits per heavy atom. The molecule has 1 aromatic rings. The summed E-state index contributed by atoms with van der Waals surface area (Å²) in [4.78, 5) is 11.7. The van der Waals surface area contributed by atoms with Gasteiger partial charge in [-0.3, -0.25) is 4.79 Å². The van der Waals surface area contributed by atoms with Crippen molar-refractivity contribution in [2.24, 2.45) is 0 Å². The van der Waals surface area contributed by atoms with Crippen molar-refractivity contribution in [1.82, 2.24) is 4.57 Å². The summed E-state index contributed by atoms with van der Waals surface area (Å²) in [7, 11) is 0. The Bertz CT molecular complexity index is 410. The van der Waals surface area contributed by atoms with Gasteiger partial charge in [-0.05, 0) is 18.9 Å². The molecular formula is C10H13ClN2O2. The van der Waals surface area contributed by atoms with Crippen LogP contribution in [0.15, 0.2) is 17.1 Å². The van der Waals surface area contributed by atoms with E-state index in [4.69, 9.17) is 22.1 Å². The Hall–Kier alpha value is -1.00. The second kappa shape index (κ2) is 4.24. The molecule has 0 amide bonds. The minimum atomic E-state index is -0.185. The molecule has 1 aromatic heterocycles. The number of halogens is 1. The summed E-state index contributed by atoms with van der Waals surface area (Å²) < 4.78 is 6.91. The van der Waals surface area contributed by atoms with Crippen LogP contribution >= 0.6 is 11.6 Å². The van der Waals surface area contributed by atoms with Crippen LogP contribution in [-0.4, -0.2) is 17.8 Å². The van der Waals surface area contributed by atoms with Crippen molar-refractivity contribution in [2.45, 2.75) is 18.9 Å². The van der Waals surface area contributed by atoms with Crippen LogP contribution in [0, 0.1) is 0 Å². The van der Waals surface area contributed by atoms with E-state index < -0.39 is 0 Å². The summed E-state index contributed by atoms with van der Waals surface area (Å²) in [5, 5.41) is 0.484. The smallest absolute Gasteiger partial charge is 0.274 e. The van der Waals surface area contributed by atoms with E-state index >= 15 is 0 Å². The summed E-state index contributed by atoms with van der Waals surface area (Å²) in [6, 6.07) is 1.54. The molecule has 2 N–H and O–H groups in total. The molecule has 0 aromatic carbocycles. The number of nitrogens with two attached hydrogens (primary N) is 1. The Balaban J connectivity index is 2.38. The molecule has 0 bridgehead atoms. The summed E-state index contributed by atoms with van der Waals surface area (Å²) in [6.45, 7) is 1.32. The lowest BCUT2D eigenvalue weighted by atomic mass is 10.1. The molecule has 2 heterocycles. The molecule has 1 fully saturated rings. The van der Waals surface area contributed by atoms with Gasteiger partial charge in [-0.25, -0.2) is 0 Å². The van der Waals surface area contributed by atoms with Gasteiger partial charge in [0.15, 0.2) is 0 Å². The molecule has 2 rings (SSSR count). The van der Waals surface area contributed by atoms with E-state index in [1.165, 1.54) is 6.07 Å². The highest BCUT2D eigenvalue weighted by molar-refractivity contribution is 6.30. The Kier molecular flexibility index (Phi) is 2.98. The van der Waals surface area contributed by atoms with Gasteiger partial charge in [0.25, 0.3) is 5.56 Å². The number of aromatic nitrogens is 1. The number of nitrogens with zero attached hydrogens (tertiary/aromatic N) is 1. The number of hydrogen-bond acceptors (Lipinski definition) is 3. The standard InChI is InChI=1S/C10H13ClN2O2/c11-7-4-9(12)10(14)13(5-7)8-2-1-3-15-6-8/h4-5,8H,1-3,6,12H2. The van der Waals surface area contributed by atoms with Crippen molar-refractivity contribution >= 4 is 17.3 Å². The third-order valence-electron chi connectivity index (χ3n) is 2.57. The van der Waals surface area contributed by atoms with Crippen molar-refractivity contribution in [3.63, 3.8) is 0 Å². The topological polar surface area (TPSA) is 57.2 Å². The highest BCUT2D eigenvalue weighted by atomic mass is 35.5. The number of rotatable bonds is 1. The van der Waals surface area contributed by atoms with Crippen LogP contribution in [0.2, 0.25) is 5.02 Å². The molecule has 0 aliphatic carbocycles. The molecule has 1 unspecified atom stereocenters. The maximum atomic E-state index is 11.7. The van der Waals surface area contributed by atoms with Crippen LogP contribution < -0.4 is 11.3 Å². The van der Waals surface area contributed by atoms with Crippen molar-refractivity contribution < 1.29 is 4.74 Å². The zero-order valence-electron chi connectivity index (χ0n) is 8.28. The van der Waals surface area contributed by atoms with Crippen LogP contribution in [0.25, 0.3) is 0 Å². The van der Waals surface area contributed by atoms with Gasteiger partial charge < -0.3 is 15.0 Å². The third-order valence-corrected chi connectivity index (χ3v) is 2.77. The van der Waals surface area contributed by atoms with E-state index in [1.54, 1.807) is 10.8 Å². The van der Waals surface area contributed by atoms with Gasteiger partial charge in [0.05, 0.1) is 23.4 Å². The van der Waals surface area contributed by atoms with E-state index in [0.717, 1.165) is 19.4 Å². The first-order valence-electron chi connectivity index (χ1n) is 4.93. The average Bonchev–Trinajstić information content (AvgIpc) is 2.24. The summed E-state index contributed by atoms with van der Waals surface area (Å²) in [6.07, 6.45) is 3.52. The molecule has 1 aliphatic rings. The fourth-order valence-electron chi connectivity index (χ4n) is 1.80. The highest BCUT2D eigenvalue weighted by Crippen LogP contribution is 2.20. The fourth-order valence-corrected chi connectivity index (χ4v) is 2.03. The molecular weight excluding hydrogens is 216 g/mol. The number of pyridine rings is 1. The molecule has 15 heavy (non-hydrogen) atoms. The lowest BCUT2D eigenvalue weighted by Crippen LogP contribution is -2.31.